The predicted molar refractivity (Wildman–Crippen MR) is 70.5 cm³/mol. The lowest BCUT2D eigenvalue weighted by Crippen LogP contribution is -2.00. The molecule has 0 saturated carbocycles. The number of aromatic nitrogens is 2. The number of rotatable bonds is 2. The maximum absolute atomic E-state index is 12.2. The average molecular weight is 254 g/mol. The molecular weight excluding hydrogens is 244 g/mol. The number of hydrogen-bond acceptors (Lipinski definition) is 3. The van der Waals surface area contributed by atoms with Crippen molar-refractivity contribution >= 4 is 16.8 Å². The first-order valence-corrected chi connectivity index (χ1v) is 5.69. The van der Waals surface area contributed by atoms with Gasteiger partial charge in [-0.1, -0.05) is 0 Å². The zero-order chi connectivity index (χ0) is 13.4. The van der Waals surface area contributed by atoms with Crippen molar-refractivity contribution in [3.05, 3.63) is 64.1 Å². The first-order chi connectivity index (χ1) is 9.13. The number of hydrogen-bond donors (Lipinski definition) is 3. The van der Waals surface area contributed by atoms with Crippen LogP contribution < -0.4 is 5.69 Å². The molecule has 5 nitrogen and oxygen atoms in total. The van der Waals surface area contributed by atoms with Crippen LogP contribution in [-0.2, 0) is 0 Å². The zero-order valence-corrected chi connectivity index (χ0v) is 9.81. The van der Waals surface area contributed by atoms with Crippen molar-refractivity contribution in [1.82, 2.24) is 9.97 Å². The number of aromatic amines is 2. The van der Waals surface area contributed by atoms with Crippen LogP contribution in [0.4, 0.5) is 0 Å². The molecule has 0 saturated heterocycles. The highest BCUT2D eigenvalue weighted by Gasteiger charge is 2.10. The highest BCUT2D eigenvalue weighted by atomic mass is 16.3. The van der Waals surface area contributed by atoms with Gasteiger partial charge in [-0.05, 0) is 42.5 Å². The van der Waals surface area contributed by atoms with Crippen LogP contribution in [0.5, 0.6) is 5.75 Å². The Hall–Kier alpha value is -2.82. The molecule has 94 valence electrons. The van der Waals surface area contributed by atoms with Gasteiger partial charge in [-0.3, -0.25) is 4.79 Å². The summed E-state index contributed by atoms with van der Waals surface area (Å²) in [5.41, 5.74) is 1.91. The van der Waals surface area contributed by atoms with Gasteiger partial charge in [-0.25, -0.2) is 4.79 Å². The molecule has 3 N–H and O–H groups in total. The Morgan fingerprint density at radius 1 is 0.895 bits per heavy atom. The fourth-order valence-electron chi connectivity index (χ4n) is 1.95. The number of carbonyl (C=O) groups is 1. The number of aromatic hydroxyl groups is 1. The number of phenolic OH excluding ortho intramolecular Hbond substituents is 1. The molecule has 0 aliphatic rings. The van der Waals surface area contributed by atoms with Crippen LogP contribution >= 0.6 is 0 Å². The summed E-state index contributed by atoms with van der Waals surface area (Å²) < 4.78 is 0. The molecule has 5 heteroatoms. The van der Waals surface area contributed by atoms with Crippen LogP contribution in [0.3, 0.4) is 0 Å². The van der Waals surface area contributed by atoms with Crippen molar-refractivity contribution in [3.63, 3.8) is 0 Å². The van der Waals surface area contributed by atoms with E-state index in [0.29, 0.717) is 22.2 Å². The maximum Gasteiger partial charge on any atom is 0.323 e. The van der Waals surface area contributed by atoms with E-state index in [-0.39, 0.29) is 17.2 Å². The van der Waals surface area contributed by atoms with Crippen LogP contribution in [0.25, 0.3) is 11.0 Å². The van der Waals surface area contributed by atoms with E-state index in [1.54, 1.807) is 30.3 Å². The third-order valence-corrected chi connectivity index (χ3v) is 2.91. The summed E-state index contributed by atoms with van der Waals surface area (Å²) in [5, 5.41) is 9.20. The van der Waals surface area contributed by atoms with Gasteiger partial charge in [-0.2, -0.15) is 0 Å². The third-order valence-electron chi connectivity index (χ3n) is 2.91. The summed E-state index contributed by atoms with van der Waals surface area (Å²) in [5.74, 6) is -0.0501. The van der Waals surface area contributed by atoms with Crippen molar-refractivity contribution in [2.45, 2.75) is 0 Å². The number of benzene rings is 2. The van der Waals surface area contributed by atoms with Crippen molar-refractivity contribution in [1.29, 1.82) is 0 Å². The predicted octanol–water partition coefficient (Wildman–Crippen LogP) is 1.79. The first-order valence-electron chi connectivity index (χ1n) is 5.69. The van der Waals surface area contributed by atoms with Gasteiger partial charge in [0.1, 0.15) is 5.75 Å². The van der Waals surface area contributed by atoms with E-state index in [2.05, 4.69) is 9.97 Å². The molecule has 0 amide bonds. The fourth-order valence-corrected chi connectivity index (χ4v) is 1.95. The second kappa shape index (κ2) is 4.13. The second-order valence-electron chi connectivity index (χ2n) is 4.22. The summed E-state index contributed by atoms with van der Waals surface area (Å²) in [6.45, 7) is 0. The number of fused-ring (bicyclic) bond motifs is 1. The molecule has 19 heavy (non-hydrogen) atoms. The second-order valence-corrected chi connectivity index (χ2v) is 4.22. The van der Waals surface area contributed by atoms with E-state index in [1.165, 1.54) is 12.1 Å². The molecule has 0 radical (unpaired) electrons. The Balaban J connectivity index is 2.05. The molecule has 0 aliphatic carbocycles. The van der Waals surface area contributed by atoms with Crippen molar-refractivity contribution in [3.8, 4) is 5.75 Å². The minimum absolute atomic E-state index is 0.113. The zero-order valence-electron chi connectivity index (χ0n) is 9.81. The molecule has 3 rings (SSSR count). The Bertz CT molecular complexity index is 813. The summed E-state index contributed by atoms with van der Waals surface area (Å²) in [4.78, 5) is 28.6. The molecule has 0 aliphatic heterocycles. The van der Waals surface area contributed by atoms with Gasteiger partial charge in [0, 0.05) is 11.1 Å². The lowest BCUT2D eigenvalue weighted by atomic mass is 10.0. The minimum atomic E-state index is -0.302. The third kappa shape index (κ3) is 2.01. The van der Waals surface area contributed by atoms with Gasteiger partial charge in [0.05, 0.1) is 11.0 Å². The van der Waals surface area contributed by atoms with Crippen molar-refractivity contribution < 1.29 is 9.90 Å². The minimum Gasteiger partial charge on any atom is -0.508 e. The van der Waals surface area contributed by atoms with E-state index in [9.17, 15) is 14.7 Å². The maximum atomic E-state index is 12.2. The topological polar surface area (TPSA) is 85.9 Å². The van der Waals surface area contributed by atoms with E-state index in [1.807, 2.05) is 0 Å². The van der Waals surface area contributed by atoms with Gasteiger partial charge in [0.2, 0.25) is 0 Å². The number of H-pyrrole nitrogens is 2. The average Bonchev–Trinajstić information content (AvgIpc) is 2.77. The summed E-state index contributed by atoms with van der Waals surface area (Å²) >= 11 is 0. The Morgan fingerprint density at radius 3 is 2.26 bits per heavy atom. The molecule has 2 aromatic carbocycles. The lowest BCUT2D eigenvalue weighted by molar-refractivity contribution is 0.103. The van der Waals surface area contributed by atoms with Crippen molar-refractivity contribution in [2.75, 3.05) is 0 Å². The van der Waals surface area contributed by atoms with Gasteiger partial charge in [0.25, 0.3) is 0 Å². The molecule has 0 fully saturated rings. The first kappa shape index (κ1) is 11.3. The van der Waals surface area contributed by atoms with Crippen molar-refractivity contribution in [2.24, 2.45) is 0 Å². The molecule has 0 spiro atoms. The SMILES string of the molecule is O=C(c1ccc(O)cc1)c1ccc2[nH]c(=O)[nH]c2c1. The highest BCUT2D eigenvalue weighted by molar-refractivity contribution is 6.10. The molecule has 0 bridgehead atoms. The normalized spacial score (nSPS) is 10.7. The molecule has 0 unspecified atom stereocenters. The highest BCUT2D eigenvalue weighted by Crippen LogP contribution is 2.16. The number of phenols is 1. The summed E-state index contributed by atoms with van der Waals surface area (Å²) in [6.07, 6.45) is 0. The molecular formula is C14H10N2O3. The van der Waals surface area contributed by atoms with E-state index >= 15 is 0 Å². The molecule has 1 heterocycles. The monoisotopic (exact) mass is 254 g/mol. The van der Waals surface area contributed by atoms with E-state index < -0.39 is 0 Å². The Labute approximate surface area is 107 Å². The van der Waals surface area contributed by atoms with Gasteiger partial charge < -0.3 is 15.1 Å². The number of nitrogens with one attached hydrogen (secondary N) is 2. The smallest absolute Gasteiger partial charge is 0.323 e. The summed E-state index contributed by atoms with van der Waals surface area (Å²) in [7, 11) is 0. The van der Waals surface area contributed by atoms with Crippen LogP contribution in [0.15, 0.2) is 47.3 Å². The van der Waals surface area contributed by atoms with E-state index in [4.69, 9.17) is 0 Å². The molecule has 3 aromatic rings. The van der Waals surface area contributed by atoms with Crippen LogP contribution in [0, 0.1) is 0 Å². The van der Waals surface area contributed by atoms with Crippen LogP contribution in [0.2, 0.25) is 0 Å². The quantitative estimate of drug-likeness (QED) is 0.609. The molecule has 1 aromatic heterocycles. The number of carbonyl (C=O) groups excluding carboxylic acids is 1. The van der Waals surface area contributed by atoms with Gasteiger partial charge in [-0.15, -0.1) is 0 Å². The molecule has 0 atom stereocenters. The van der Waals surface area contributed by atoms with Gasteiger partial charge >= 0.3 is 5.69 Å². The lowest BCUT2D eigenvalue weighted by Gasteiger charge is -2.01. The number of imidazole rings is 1. The van der Waals surface area contributed by atoms with Crippen LogP contribution in [-0.4, -0.2) is 20.9 Å². The number of ketones is 1. The fraction of sp³-hybridized carbons (Fsp3) is 0. The van der Waals surface area contributed by atoms with Gasteiger partial charge in [0.15, 0.2) is 5.78 Å². The van der Waals surface area contributed by atoms with Crippen LogP contribution in [0.1, 0.15) is 15.9 Å². The summed E-state index contributed by atoms with van der Waals surface area (Å²) in [6, 6.07) is 11.0. The standard InChI is InChI=1S/C14H10N2O3/c17-10-4-1-8(2-5-10)13(18)9-3-6-11-12(7-9)16-14(19)15-11/h1-7,17H,(H2,15,16,19). The van der Waals surface area contributed by atoms with E-state index in [0.717, 1.165) is 0 Å². The Morgan fingerprint density at radius 2 is 1.53 bits per heavy atom. The Kier molecular flexibility index (Phi) is 2.45. The largest absolute Gasteiger partial charge is 0.508 e.